The molecule has 0 aromatic heterocycles. The fraction of sp³-hybridized carbons (Fsp3) is 0.273. The number of hydrogen-bond acceptors (Lipinski definition) is 7. The van der Waals surface area contributed by atoms with E-state index in [1.807, 2.05) is 31.2 Å². The Labute approximate surface area is 195 Å². The quantitative estimate of drug-likeness (QED) is 0.303. The van der Waals surface area contributed by atoms with Crippen LogP contribution in [0.3, 0.4) is 0 Å². The average molecular weight is 480 g/mol. The Kier molecular flexibility index (Phi) is 8.60. The molecular formula is C22H22ClNO5S2. The number of ether oxygens (including phenoxy) is 4. The number of methoxy groups -OCH3 is 1. The van der Waals surface area contributed by atoms with Crippen LogP contribution in [0.4, 0.5) is 0 Å². The summed E-state index contributed by atoms with van der Waals surface area (Å²) in [5.74, 6) is 1.47. The summed E-state index contributed by atoms with van der Waals surface area (Å²) in [6.45, 7) is 3.59. The van der Waals surface area contributed by atoms with Crippen molar-refractivity contribution >= 4 is 51.9 Å². The molecule has 1 saturated heterocycles. The molecular weight excluding hydrogens is 458 g/mol. The fourth-order valence-corrected chi connectivity index (χ4v) is 4.01. The molecule has 6 nitrogen and oxygen atoms in total. The minimum Gasteiger partial charge on any atom is -0.493 e. The number of nitrogens with one attached hydrogen (secondary N) is 1. The number of thiocarbonyl (C=S) groups is 1. The summed E-state index contributed by atoms with van der Waals surface area (Å²) in [5.41, 5.74) is 1.90. The van der Waals surface area contributed by atoms with Gasteiger partial charge in [0.25, 0.3) is 5.91 Å². The number of hydrogen-bond donors (Lipinski definition) is 1. The SMILES string of the molecule is COc1cc(C=C2SC(=S)NC2=O)cc(Cl)c1OCCOCCOc1ccc(C)cc1. The van der Waals surface area contributed by atoms with Crippen LogP contribution in [-0.2, 0) is 9.53 Å². The van der Waals surface area contributed by atoms with Crippen LogP contribution in [0.1, 0.15) is 11.1 Å². The van der Waals surface area contributed by atoms with Gasteiger partial charge in [0, 0.05) is 0 Å². The van der Waals surface area contributed by atoms with E-state index in [9.17, 15) is 4.79 Å². The molecule has 1 fully saturated rings. The van der Waals surface area contributed by atoms with Gasteiger partial charge in [0.15, 0.2) is 11.5 Å². The minimum atomic E-state index is -0.228. The third-order valence-electron chi connectivity index (χ3n) is 4.18. The number of amides is 1. The first-order valence-corrected chi connectivity index (χ1v) is 11.1. The van der Waals surface area contributed by atoms with Crippen molar-refractivity contribution in [2.45, 2.75) is 6.92 Å². The summed E-state index contributed by atoms with van der Waals surface area (Å²) in [6, 6.07) is 11.3. The number of carbonyl (C=O) groups is 1. The van der Waals surface area contributed by atoms with E-state index in [4.69, 9.17) is 42.8 Å². The minimum absolute atomic E-state index is 0.228. The number of carbonyl (C=O) groups excluding carboxylic acids is 1. The smallest absolute Gasteiger partial charge is 0.263 e. The molecule has 0 radical (unpaired) electrons. The van der Waals surface area contributed by atoms with Crippen LogP contribution in [0.5, 0.6) is 17.2 Å². The maximum absolute atomic E-state index is 11.8. The van der Waals surface area contributed by atoms with E-state index in [-0.39, 0.29) is 5.91 Å². The van der Waals surface area contributed by atoms with Crippen molar-refractivity contribution in [1.82, 2.24) is 5.32 Å². The van der Waals surface area contributed by atoms with Gasteiger partial charge in [-0.15, -0.1) is 0 Å². The second-order valence-electron chi connectivity index (χ2n) is 6.51. The Morgan fingerprint density at radius 3 is 2.45 bits per heavy atom. The Morgan fingerprint density at radius 1 is 1.10 bits per heavy atom. The van der Waals surface area contributed by atoms with Gasteiger partial charge in [-0.05, 0) is 42.8 Å². The maximum atomic E-state index is 11.8. The van der Waals surface area contributed by atoms with Crippen LogP contribution in [-0.4, -0.2) is 43.8 Å². The molecule has 0 bridgehead atoms. The van der Waals surface area contributed by atoms with Crippen LogP contribution < -0.4 is 19.5 Å². The van der Waals surface area contributed by atoms with Crippen LogP contribution in [0.15, 0.2) is 41.3 Å². The topological polar surface area (TPSA) is 66.0 Å². The molecule has 9 heteroatoms. The van der Waals surface area contributed by atoms with Crippen molar-refractivity contribution in [1.29, 1.82) is 0 Å². The molecule has 3 rings (SSSR count). The molecule has 2 aromatic carbocycles. The van der Waals surface area contributed by atoms with Gasteiger partial charge < -0.3 is 24.3 Å². The average Bonchev–Trinajstić information content (AvgIpc) is 3.06. The summed E-state index contributed by atoms with van der Waals surface area (Å²) >= 11 is 12.6. The third-order valence-corrected chi connectivity index (χ3v) is 5.63. The monoisotopic (exact) mass is 479 g/mol. The Hall–Kier alpha value is -2.26. The molecule has 0 unspecified atom stereocenters. The molecule has 1 aliphatic rings. The highest BCUT2D eigenvalue weighted by atomic mass is 35.5. The third kappa shape index (κ3) is 6.87. The molecule has 0 spiro atoms. The van der Waals surface area contributed by atoms with E-state index in [0.29, 0.717) is 57.7 Å². The zero-order valence-corrected chi connectivity index (χ0v) is 19.5. The van der Waals surface area contributed by atoms with E-state index in [1.54, 1.807) is 18.2 Å². The zero-order chi connectivity index (χ0) is 22.2. The number of rotatable bonds is 10. The van der Waals surface area contributed by atoms with E-state index >= 15 is 0 Å². The second kappa shape index (κ2) is 11.4. The van der Waals surface area contributed by atoms with E-state index in [2.05, 4.69) is 5.32 Å². The lowest BCUT2D eigenvalue weighted by Gasteiger charge is -2.14. The first-order valence-electron chi connectivity index (χ1n) is 9.48. The summed E-state index contributed by atoms with van der Waals surface area (Å²) in [6.07, 6.45) is 1.70. The molecule has 2 aromatic rings. The van der Waals surface area contributed by atoms with E-state index in [1.165, 1.54) is 24.4 Å². The van der Waals surface area contributed by atoms with Gasteiger partial charge in [0.2, 0.25) is 0 Å². The fourth-order valence-electron chi connectivity index (χ4n) is 2.69. The molecule has 1 N–H and O–H groups in total. The van der Waals surface area contributed by atoms with Crippen molar-refractivity contribution in [3.8, 4) is 17.2 Å². The molecule has 1 amide bonds. The lowest BCUT2D eigenvalue weighted by atomic mass is 10.2. The lowest BCUT2D eigenvalue weighted by molar-refractivity contribution is -0.115. The number of aryl methyl sites for hydroxylation is 1. The Balaban J connectivity index is 1.47. The van der Waals surface area contributed by atoms with Crippen molar-refractivity contribution in [3.05, 3.63) is 57.5 Å². The highest BCUT2D eigenvalue weighted by molar-refractivity contribution is 8.26. The van der Waals surface area contributed by atoms with Gasteiger partial charge in [-0.1, -0.05) is 53.3 Å². The standard InChI is InChI=1S/C22H22ClNO5S2/c1-14-3-5-16(6-4-14)28-9-7-27-8-10-29-20-17(23)11-15(12-18(20)26-2)13-19-21(25)24-22(30)31-19/h3-6,11-13H,7-10H2,1-2H3,(H,24,25,30). The zero-order valence-electron chi connectivity index (χ0n) is 17.1. The highest BCUT2D eigenvalue weighted by Crippen LogP contribution is 2.38. The molecule has 1 heterocycles. The molecule has 164 valence electrons. The molecule has 0 atom stereocenters. The molecule has 0 saturated carbocycles. The molecule has 0 aliphatic carbocycles. The van der Waals surface area contributed by atoms with Crippen LogP contribution in [0.2, 0.25) is 5.02 Å². The van der Waals surface area contributed by atoms with Gasteiger partial charge in [-0.25, -0.2) is 0 Å². The van der Waals surface area contributed by atoms with Crippen LogP contribution in [0, 0.1) is 6.92 Å². The molecule has 1 aliphatic heterocycles. The van der Waals surface area contributed by atoms with Crippen molar-refractivity contribution in [2.75, 3.05) is 33.5 Å². The molecule has 31 heavy (non-hydrogen) atoms. The first-order chi connectivity index (χ1) is 15.0. The predicted octanol–water partition coefficient (Wildman–Crippen LogP) is 4.62. The van der Waals surface area contributed by atoms with Crippen LogP contribution >= 0.6 is 35.6 Å². The summed E-state index contributed by atoms with van der Waals surface area (Å²) in [5, 5.41) is 2.95. The van der Waals surface area contributed by atoms with Gasteiger partial charge >= 0.3 is 0 Å². The van der Waals surface area contributed by atoms with Gasteiger partial charge in [-0.2, -0.15) is 0 Å². The summed E-state index contributed by atoms with van der Waals surface area (Å²) in [4.78, 5) is 12.3. The Bertz CT molecular complexity index is 979. The van der Waals surface area contributed by atoms with Gasteiger partial charge in [-0.3, -0.25) is 4.79 Å². The predicted molar refractivity (Wildman–Crippen MR) is 127 cm³/mol. The van der Waals surface area contributed by atoms with E-state index in [0.717, 1.165) is 5.75 Å². The summed E-state index contributed by atoms with van der Waals surface area (Å²) < 4.78 is 22.7. The van der Waals surface area contributed by atoms with Crippen molar-refractivity contribution < 1.29 is 23.7 Å². The van der Waals surface area contributed by atoms with Gasteiger partial charge in [0.05, 0.1) is 30.3 Å². The van der Waals surface area contributed by atoms with Gasteiger partial charge in [0.1, 0.15) is 23.3 Å². The largest absolute Gasteiger partial charge is 0.493 e. The summed E-state index contributed by atoms with van der Waals surface area (Å²) in [7, 11) is 1.53. The van der Waals surface area contributed by atoms with Crippen molar-refractivity contribution in [3.63, 3.8) is 0 Å². The maximum Gasteiger partial charge on any atom is 0.263 e. The highest BCUT2D eigenvalue weighted by Gasteiger charge is 2.22. The van der Waals surface area contributed by atoms with Crippen molar-refractivity contribution in [2.24, 2.45) is 0 Å². The second-order valence-corrected chi connectivity index (χ2v) is 8.63. The number of halogens is 1. The normalized spacial score (nSPS) is 14.6. The first kappa shape index (κ1) is 23.4. The van der Waals surface area contributed by atoms with E-state index < -0.39 is 0 Å². The number of benzene rings is 2. The Morgan fingerprint density at radius 2 is 1.81 bits per heavy atom. The number of thioether (sulfide) groups is 1. The van der Waals surface area contributed by atoms with Crippen LogP contribution in [0.25, 0.3) is 6.08 Å². The lowest BCUT2D eigenvalue weighted by Crippen LogP contribution is -2.17.